The lowest BCUT2D eigenvalue weighted by Crippen LogP contribution is -2.16. The number of methoxy groups -OCH3 is 1. The number of esters is 1. The molecule has 4 nitrogen and oxygen atoms in total. The Morgan fingerprint density at radius 1 is 1.44 bits per heavy atom. The van der Waals surface area contributed by atoms with Crippen molar-refractivity contribution >= 4 is 11.7 Å². The first-order valence-electron chi connectivity index (χ1n) is 6.31. The van der Waals surface area contributed by atoms with E-state index in [0.29, 0.717) is 23.6 Å². The number of hydrogen-bond acceptors (Lipinski definition) is 4. The molecule has 0 atom stereocenters. The number of anilines is 1. The van der Waals surface area contributed by atoms with Crippen molar-refractivity contribution in [2.75, 3.05) is 19.5 Å². The third-order valence-electron chi connectivity index (χ3n) is 3.46. The van der Waals surface area contributed by atoms with Crippen LogP contribution in [0.25, 0.3) is 0 Å². The number of benzene rings is 1. The van der Waals surface area contributed by atoms with Crippen molar-refractivity contribution in [3.05, 3.63) is 23.8 Å². The zero-order valence-corrected chi connectivity index (χ0v) is 10.6. The van der Waals surface area contributed by atoms with Crippen molar-refractivity contribution in [2.45, 2.75) is 25.7 Å². The van der Waals surface area contributed by atoms with Gasteiger partial charge in [-0.15, -0.1) is 0 Å². The molecule has 0 heterocycles. The van der Waals surface area contributed by atoms with Crippen LogP contribution in [0.1, 0.15) is 36.0 Å². The molecular weight excluding hydrogens is 230 g/mol. The molecule has 1 aliphatic carbocycles. The molecule has 2 N–H and O–H groups in total. The second kappa shape index (κ2) is 5.76. The molecule has 18 heavy (non-hydrogen) atoms. The second-order valence-corrected chi connectivity index (χ2v) is 4.67. The summed E-state index contributed by atoms with van der Waals surface area (Å²) in [5, 5.41) is 0. The summed E-state index contributed by atoms with van der Waals surface area (Å²) >= 11 is 0. The maximum Gasteiger partial charge on any atom is 0.340 e. The highest BCUT2D eigenvalue weighted by molar-refractivity contribution is 5.95. The molecule has 0 aliphatic heterocycles. The van der Waals surface area contributed by atoms with E-state index in [-0.39, 0.29) is 5.97 Å². The largest absolute Gasteiger partial charge is 0.497 e. The molecule has 98 valence electrons. The fraction of sp³-hybridized carbons (Fsp3) is 0.500. The zero-order chi connectivity index (χ0) is 13.0. The SMILES string of the molecule is COc1ccc(N)c(C(=O)OCCC2CCC2)c1. The van der Waals surface area contributed by atoms with Gasteiger partial charge in [0.2, 0.25) is 0 Å². The number of hydrogen-bond donors (Lipinski definition) is 1. The third-order valence-corrected chi connectivity index (χ3v) is 3.46. The van der Waals surface area contributed by atoms with E-state index < -0.39 is 0 Å². The van der Waals surface area contributed by atoms with Gasteiger partial charge in [-0.2, -0.15) is 0 Å². The standard InChI is InChI=1S/C14H19NO3/c1-17-11-5-6-13(15)12(9-11)14(16)18-8-7-10-3-2-4-10/h5-6,9-10H,2-4,7-8,15H2,1H3. The van der Waals surface area contributed by atoms with Crippen LogP contribution in [-0.2, 0) is 4.74 Å². The molecule has 0 radical (unpaired) electrons. The van der Waals surface area contributed by atoms with E-state index >= 15 is 0 Å². The van der Waals surface area contributed by atoms with Gasteiger partial charge in [0, 0.05) is 5.69 Å². The average Bonchev–Trinajstić information content (AvgIpc) is 2.32. The molecule has 4 heteroatoms. The molecule has 0 aromatic heterocycles. The predicted octanol–water partition coefficient (Wildman–Crippen LogP) is 2.62. The molecular formula is C14H19NO3. The van der Waals surface area contributed by atoms with E-state index in [1.54, 1.807) is 25.3 Å². The summed E-state index contributed by atoms with van der Waals surface area (Å²) in [4.78, 5) is 11.9. The number of carbonyl (C=O) groups is 1. The van der Waals surface area contributed by atoms with Crippen LogP contribution in [0.3, 0.4) is 0 Å². The summed E-state index contributed by atoms with van der Waals surface area (Å²) in [6.07, 6.45) is 4.79. The van der Waals surface area contributed by atoms with E-state index in [0.717, 1.165) is 12.3 Å². The van der Waals surface area contributed by atoms with Gasteiger partial charge in [-0.1, -0.05) is 19.3 Å². The van der Waals surface area contributed by atoms with Gasteiger partial charge in [-0.25, -0.2) is 4.79 Å². The van der Waals surface area contributed by atoms with Gasteiger partial charge in [0.05, 0.1) is 19.3 Å². The number of nitrogens with two attached hydrogens (primary N) is 1. The minimum atomic E-state index is -0.370. The van der Waals surface area contributed by atoms with Crippen LogP contribution in [0, 0.1) is 5.92 Å². The fourth-order valence-electron chi connectivity index (χ4n) is 2.02. The first-order chi connectivity index (χ1) is 8.70. The maximum atomic E-state index is 11.9. The van der Waals surface area contributed by atoms with Crippen LogP contribution in [0.15, 0.2) is 18.2 Å². The molecule has 1 aliphatic rings. The maximum absolute atomic E-state index is 11.9. The molecule has 2 rings (SSSR count). The van der Waals surface area contributed by atoms with E-state index in [1.165, 1.54) is 19.3 Å². The third kappa shape index (κ3) is 2.94. The van der Waals surface area contributed by atoms with Crippen molar-refractivity contribution in [3.8, 4) is 5.75 Å². The smallest absolute Gasteiger partial charge is 0.340 e. The first kappa shape index (κ1) is 12.7. The minimum absolute atomic E-state index is 0.370. The van der Waals surface area contributed by atoms with Crippen molar-refractivity contribution in [1.82, 2.24) is 0 Å². The lowest BCUT2D eigenvalue weighted by Gasteiger charge is -2.24. The number of carbonyl (C=O) groups excluding carboxylic acids is 1. The lowest BCUT2D eigenvalue weighted by atomic mass is 9.83. The van der Waals surface area contributed by atoms with Crippen molar-refractivity contribution in [1.29, 1.82) is 0 Å². The van der Waals surface area contributed by atoms with E-state index in [4.69, 9.17) is 15.2 Å². The Kier molecular flexibility index (Phi) is 4.07. The first-order valence-corrected chi connectivity index (χ1v) is 6.31. The number of ether oxygens (including phenoxy) is 2. The van der Waals surface area contributed by atoms with E-state index in [9.17, 15) is 4.79 Å². The van der Waals surface area contributed by atoms with Gasteiger partial charge in [-0.05, 0) is 30.5 Å². The summed E-state index contributed by atoms with van der Waals surface area (Å²) < 4.78 is 10.3. The van der Waals surface area contributed by atoms with Crippen LogP contribution in [0.4, 0.5) is 5.69 Å². The molecule has 1 saturated carbocycles. The van der Waals surface area contributed by atoms with Gasteiger partial charge in [0.1, 0.15) is 5.75 Å². The monoisotopic (exact) mass is 249 g/mol. The summed E-state index contributed by atoms with van der Waals surface area (Å²) in [5.74, 6) is 0.973. The Labute approximate surface area is 107 Å². The van der Waals surface area contributed by atoms with Gasteiger partial charge in [0.25, 0.3) is 0 Å². The predicted molar refractivity (Wildman–Crippen MR) is 69.6 cm³/mol. The summed E-state index contributed by atoms with van der Waals surface area (Å²) in [6, 6.07) is 4.99. The van der Waals surface area contributed by atoms with Crippen molar-refractivity contribution in [3.63, 3.8) is 0 Å². The number of nitrogen functional groups attached to an aromatic ring is 1. The Hall–Kier alpha value is -1.71. The molecule has 0 unspecified atom stereocenters. The highest BCUT2D eigenvalue weighted by Crippen LogP contribution is 2.29. The number of rotatable bonds is 5. The topological polar surface area (TPSA) is 61.5 Å². The van der Waals surface area contributed by atoms with E-state index in [1.807, 2.05) is 0 Å². The molecule has 0 spiro atoms. The van der Waals surface area contributed by atoms with E-state index in [2.05, 4.69) is 0 Å². The van der Waals surface area contributed by atoms with Crippen LogP contribution >= 0.6 is 0 Å². The van der Waals surface area contributed by atoms with Gasteiger partial charge < -0.3 is 15.2 Å². The summed E-state index contributed by atoms with van der Waals surface area (Å²) in [6.45, 7) is 0.472. The normalized spacial score (nSPS) is 14.9. The summed E-state index contributed by atoms with van der Waals surface area (Å²) in [7, 11) is 1.55. The van der Waals surface area contributed by atoms with Crippen LogP contribution < -0.4 is 10.5 Å². The van der Waals surface area contributed by atoms with Crippen LogP contribution in [0.5, 0.6) is 5.75 Å². The zero-order valence-electron chi connectivity index (χ0n) is 10.6. The van der Waals surface area contributed by atoms with Gasteiger partial charge >= 0.3 is 5.97 Å². The van der Waals surface area contributed by atoms with Crippen LogP contribution in [0.2, 0.25) is 0 Å². The molecule has 0 amide bonds. The highest BCUT2D eigenvalue weighted by atomic mass is 16.5. The molecule has 0 bridgehead atoms. The summed E-state index contributed by atoms with van der Waals surface area (Å²) in [5.41, 5.74) is 6.56. The quantitative estimate of drug-likeness (QED) is 0.643. The van der Waals surface area contributed by atoms with Crippen molar-refractivity contribution < 1.29 is 14.3 Å². The molecule has 1 aromatic carbocycles. The minimum Gasteiger partial charge on any atom is -0.497 e. The van der Waals surface area contributed by atoms with Gasteiger partial charge in [0.15, 0.2) is 0 Å². The Bertz CT molecular complexity index is 427. The Balaban J connectivity index is 1.90. The van der Waals surface area contributed by atoms with Gasteiger partial charge in [-0.3, -0.25) is 0 Å². The average molecular weight is 249 g/mol. The van der Waals surface area contributed by atoms with Crippen LogP contribution in [-0.4, -0.2) is 19.7 Å². The highest BCUT2D eigenvalue weighted by Gasteiger charge is 2.18. The molecule has 1 aromatic rings. The molecule has 0 saturated heterocycles. The lowest BCUT2D eigenvalue weighted by molar-refractivity contribution is 0.0465. The Morgan fingerprint density at radius 2 is 2.22 bits per heavy atom. The van der Waals surface area contributed by atoms with Crippen molar-refractivity contribution in [2.24, 2.45) is 5.92 Å². The second-order valence-electron chi connectivity index (χ2n) is 4.67. The molecule has 1 fully saturated rings. The fourth-order valence-corrected chi connectivity index (χ4v) is 2.02. The Morgan fingerprint density at radius 3 is 2.83 bits per heavy atom.